The maximum atomic E-state index is 10.2. The first-order valence-corrected chi connectivity index (χ1v) is 7.43. The number of ether oxygens (including phenoxy) is 1. The highest BCUT2D eigenvalue weighted by Crippen LogP contribution is 2.35. The van der Waals surface area contributed by atoms with Gasteiger partial charge >= 0.3 is 0 Å². The van der Waals surface area contributed by atoms with Crippen LogP contribution in [0, 0.1) is 0 Å². The number of pyridine rings is 1. The molecule has 2 aliphatic rings. The van der Waals surface area contributed by atoms with Crippen molar-refractivity contribution in [1.29, 1.82) is 0 Å². The molecule has 0 aromatic carbocycles. The largest absolute Gasteiger partial charge is 0.390 e. The molecule has 3 heterocycles. The summed E-state index contributed by atoms with van der Waals surface area (Å²) in [5.74, 6) is 0.613. The van der Waals surface area contributed by atoms with E-state index in [1.165, 1.54) is 0 Å². The molecule has 5 nitrogen and oxygen atoms in total. The average molecular weight is 277 g/mol. The Morgan fingerprint density at radius 1 is 1.45 bits per heavy atom. The Hall–Kier alpha value is -1.17. The lowest BCUT2D eigenvalue weighted by Crippen LogP contribution is -2.55. The molecule has 2 saturated heterocycles. The van der Waals surface area contributed by atoms with E-state index in [1.807, 2.05) is 12.1 Å². The topological polar surface area (TPSA) is 71.6 Å². The second-order valence-corrected chi connectivity index (χ2v) is 5.90. The normalized spacial score (nSPS) is 26.8. The van der Waals surface area contributed by atoms with Crippen molar-refractivity contribution in [3.05, 3.63) is 23.9 Å². The van der Waals surface area contributed by atoms with E-state index in [-0.39, 0.29) is 11.7 Å². The number of aromatic nitrogens is 1. The predicted molar refractivity (Wildman–Crippen MR) is 77.1 cm³/mol. The van der Waals surface area contributed by atoms with Crippen LogP contribution in [0.1, 0.15) is 31.2 Å². The van der Waals surface area contributed by atoms with E-state index in [0.717, 1.165) is 57.5 Å². The van der Waals surface area contributed by atoms with Gasteiger partial charge < -0.3 is 15.6 Å². The molecule has 20 heavy (non-hydrogen) atoms. The summed E-state index contributed by atoms with van der Waals surface area (Å²) >= 11 is 0. The van der Waals surface area contributed by atoms with Crippen LogP contribution in [0.2, 0.25) is 0 Å². The van der Waals surface area contributed by atoms with Crippen molar-refractivity contribution in [2.75, 3.05) is 25.4 Å². The molecule has 3 N–H and O–H groups in total. The first-order valence-electron chi connectivity index (χ1n) is 7.43. The summed E-state index contributed by atoms with van der Waals surface area (Å²) in [6, 6.07) is 3.95. The maximum Gasteiger partial charge on any atom is 0.127 e. The fourth-order valence-corrected chi connectivity index (χ4v) is 3.30. The van der Waals surface area contributed by atoms with Crippen LogP contribution in [0.4, 0.5) is 5.82 Å². The van der Waals surface area contributed by atoms with Gasteiger partial charge in [-0.25, -0.2) is 4.98 Å². The van der Waals surface area contributed by atoms with Gasteiger partial charge in [-0.2, -0.15) is 0 Å². The van der Waals surface area contributed by atoms with Crippen LogP contribution in [0.25, 0.3) is 0 Å². The summed E-state index contributed by atoms with van der Waals surface area (Å²) in [5, 5.41) is 10.2. The van der Waals surface area contributed by atoms with Crippen molar-refractivity contribution in [3.8, 4) is 0 Å². The van der Waals surface area contributed by atoms with Crippen LogP contribution < -0.4 is 5.73 Å². The summed E-state index contributed by atoms with van der Waals surface area (Å²) < 4.78 is 5.93. The van der Waals surface area contributed by atoms with Gasteiger partial charge in [-0.15, -0.1) is 0 Å². The summed E-state index contributed by atoms with van der Waals surface area (Å²) in [7, 11) is 0. The summed E-state index contributed by atoms with van der Waals surface area (Å²) in [6.07, 6.45) is 5.05. The number of rotatable bonds is 2. The van der Waals surface area contributed by atoms with Gasteiger partial charge in [0.25, 0.3) is 0 Å². The van der Waals surface area contributed by atoms with Crippen molar-refractivity contribution in [2.45, 2.75) is 43.9 Å². The van der Waals surface area contributed by atoms with Crippen LogP contribution in [-0.2, 0) is 11.3 Å². The quantitative estimate of drug-likeness (QED) is 0.849. The first kappa shape index (κ1) is 13.8. The van der Waals surface area contributed by atoms with Crippen LogP contribution >= 0.6 is 0 Å². The van der Waals surface area contributed by atoms with Gasteiger partial charge in [0.1, 0.15) is 5.82 Å². The van der Waals surface area contributed by atoms with Gasteiger partial charge in [0.2, 0.25) is 0 Å². The second-order valence-electron chi connectivity index (χ2n) is 5.90. The molecule has 0 radical (unpaired) electrons. The number of piperidine rings is 1. The molecule has 110 valence electrons. The Morgan fingerprint density at radius 3 is 2.95 bits per heavy atom. The van der Waals surface area contributed by atoms with Crippen molar-refractivity contribution in [1.82, 2.24) is 9.88 Å². The molecular weight excluding hydrogens is 254 g/mol. The minimum atomic E-state index is -0.304. The van der Waals surface area contributed by atoms with E-state index < -0.39 is 0 Å². The number of anilines is 1. The SMILES string of the molecule is Nc1ncccc1CN1CCC2(CC1)OCCCC2O. The molecule has 0 bridgehead atoms. The monoisotopic (exact) mass is 277 g/mol. The molecular formula is C15H23N3O2. The zero-order chi connectivity index (χ0) is 14.0. The number of hydrogen-bond donors (Lipinski definition) is 2. The van der Waals surface area contributed by atoms with Gasteiger partial charge in [0, 0.05) is 38.0 Å². The van der Waals surface area contributed by atoms with Gasteiger partial charge in [0.05, 0.1) is 11.7 Å². The maximum absolute atomic E-state index is 10.2. The van der Waals surface area contributed by atoms with Crippen LogP contribution in [0.15, 0.2) is 18.3 Å². The Balaban J connectivity index is 1.60. The first-order chi connectivity index (χ1) is 9.70. The third-order valence-corrected chi connectivity index (χ3v) is 4.64. The third kappa shape index (κ3) is 2.66. The predicted octanol–water partition coefficient (Wildman–Crippen LogP) is 1.17. The smallest absolute Gasteiger partial charge is 0.127 e. The van der Waals surface area contributed by atoms with Crippen molar-refractivity contribution >= 4 is 5.82 Å². The molecule has 1 spiro atoms. The van der Waals surface area contributed by atoms with Gasteiger partial charge in [-0.05, 0) is 31.7 Å². The van der Waals surface area contributed by atoms with Gasteiger partial charge in [-0.3, -0.25) is 4.90 Å². The molecule has 1 aromatic heterocycles. The number of aliphatic hydroxyl groups excluding tert-OH is 1. The van der Waals surface area contributed by atoms with Gasteiger partial charge in [0.15, 0.2) is 0 Å². The average Bonchev–Trinajstić information content (AvgIpc) is 2.47. The summed E-state index contributed by atoms with van der Waals surface area (Å²) in [4.78, 5) is 6.49. The van der Waals surface area contributed by atoms with Crippen LogP contribution in [0.3, 0.4) is 0 Å². The van der Waals surface area contributed by atoms with E-state index >= 15 is 0 Å². The van der Waals surface area contributed by atoms with E-state index in [4.69, 9.17) is 10.5 Å². The highest BCUT2D eigenvalue weighted by atomic mass is 16.5. The van der Waals surface area contributed by atoms with E-state index in [9.17, 15) is 5.11 Å². The fraction of sp³-hybridized carbons (Fsp3) is 0.667. The van der Waals surface area contributed by atoms with E-state index in [0.29, 0.717) is 5.82 Å². The molecule has 5 heteroatoms. The van der Waals surface area contributed by atoms with E-state index in [2.05, 4.69) is 9.88 Å². The fourth-order valence-electron chi connectivity index (χ4n) is 3.30. The van der Waals surface area contributed by atoms with Gasteiger partial charge in [-0.1, -0.05) is 6.07 Å². The zero-order valence-electron chi connectivity index (χ0n) is 11.8. The minimum absolute atomic E-state index is 0.296. The standard InChI is InChI=1S/C15H23N3O2/c16-14-12(3-1-7-17-14)11-18-8-5-15(6-9-18)13(19)4-2-10-20-15/h1,3,7,13,19H,2,4-6,8-11H2,(H2,16,17). The Morgan fingerprint density at radius 2 is 2.25 bits per heavy atom. The summed E-state index contributed by atoms with van der Waals surface area (Å²) in [5.41, 5.74) is 6.67. The minimum Gasteiger partial charge on any atom is -0.390 e. The zero-order valence-corrected chi connectivity index (χ0v) is 11.8. The van der Waals surface area contributed by atoms with Crippen LogP contribution in [0.5, 0.6) is 0 Å². The molecule has 3 rings (SSSR count). The highest BCUT2D eigenvalue weighted by molar-refractivity contribution is 5.38. The van der Waals surface area contributed by atoms with Crippen molar-refractivity contribution in [3.63, 3.8) is 0 Å². The molecule has 1 atom stereocenters. The van der Waals surface area contributed by atoms with Crippen molar-refractivity contribution in [2.24, 2.45) is 0 Å². The molecule has 0 saturated carbocycles. The van der Waals surface area contributed by atoms with Crippen molar-refractivity contribution < 1.29 is 9.84 Å². The molecule has 0 amide bonds. The summed E-state index contributed by atoms with van der Waals surface area (Å²) in [6.45, 7) is 3.48. The lowest BCUT2D eigenvalue weighted by Gasteiger charge is -2.46. The Labute approximate surface area is 119 Å². The lowest BCUT2D eigenvalue weighted by atomic mass is 9.82. The number of likely N-dealkylation sites (tertiary alicyclic amines) is 1. The number of aliphatic hydroxyl groups is 1. The highest BCUT2D eigenvalue weighted by Gasteiger charge is 2.43. The van der Waals surface area contributed by atoms with Crippen LogP contribution in [-0.4, -0.2) is 46.4 Å². The molecule has 1 unspecified atom stereocenters. The van der Waals surface area contributed by atoms with E-state index in [1.54, 1.807) is 6.20 Å². The molecule has 2 aliphatic heterocycles. The molecule has 0 aliphatic carbocycles. The Bertz CT molecular complexity index is 458. The number of nitrogens with two attached hydrogens (primary N) is 1. The Kier molecular flexibility index (Phi) is 3.92. The third-order valence-electron chi connectivity index (χ3n) is 4.64. The number of hydrogen-bond acceptors (Lipinski definition) is 5. The number of nitrogen functional groups attached to an aromatic ring is 1. The molecule has 2 fully saturated rings. The number of nitrogens with zero attached hydrogens (tertiary/aromatic N) is 2. The lowest BCUT2D eigenvalue weighted by molar-refractivity contribution is -0.177. The molecule has 1 aromatic rings. The second kappa shape index (κ2) is 5.68.